The lowest BCUT2D eigenvalue weighted by Crippen LogP contribution is -2.44. The third-order valence-electron chi connectivity index (χ3n) is 4.88. The summed E-state index contributed by atoms with van der Waals surface area (Å²) in [5, 5.41) is 0. The fourth-order valence-electron chi connectivity index (χ4n) is 3.28. The molecule has 3 aromatic carbocycles. The first-order chi connectivity index (χ1) is 14.5. The molecule has 0 spiro atoms. The SMILES string of the molecule is COc1ccc(C(=O)N(CN2C(=O)c3ccccc3C2=O)c2ccc(I)cc2)cc1. The lowest BCUT2D eigenvalue weighted by Gasteiger charge is -2.27. The van der Waals surface area contributed by atoms with E-state index < -0.39 is 11.8 Å². The number of fused-ring (bicyclic) bond motifs is 1. The van der Waals surface area contributed by atoms with E-state index in [0.717, 1.165) is 8.47 Å². The number of carbonyl (C=O) groups is 3. The second-order valence-electron chi connectivity index (χ2n) is 6.66. The number of anilines is 1. The van der Waals surface area contributed by atoms with E-state index in [-0.39, 0.29) is 12.6 Å². The Morgan fingerprint density at radius 3 is 2.00 bits per heavy atom. The fourth-order valence-corrected chi connectivity index (χ4v) is 3.64. The van der Waals surface area contributed by atoms with E-state index in [9.17, 15) is 14.4 Å². The van der Waals surface area contributed by atoms with Crippen LogP contribution in [0.4, 0.5) is 5.69 Å². The van der Waals surface area contributed by atoms with Crippen molar-refractivity contribution in [3.05, 3.63) is 93.1 Å². The molecule has 0 radical (unpaired) electrons. The van der Waals surface area contributed by atoms with Crippen molar-refractivity contribution in [3.63, 3.8) is 0 Å². The van der Waals surface area contributed by atoms with Gasteiger partial charge in [-0.3, -0.25) is 24.2 Å². The number of benzene rings is 3. The van der Waals surface area contributed by atoms with Crippen molar-refractivity contribution >= 4 is 46.0 Å². The molecule has 0 aromatic heterocycles. The van der Waals surface area contributed by atoms with Crippen molar-refractivity contribution < 1.29 is 19.1 Å². The normalized spacial score (nSPS) is 12.7. The second-order valence-corrected chi connectivity index (χ2v) is 7.91. The van der Waals surface area contributed by atoms with E-state index in [4.69, 9.17) is 4.74 Å². The molecule has 0 N–H and O–H groups in total. The molecule has 0 aliphatic carbocycles. The highest BCUT2D eigenvalue weighted by Gasteiger charge is 2.37. The van der Waals surface area contributed by atoms with Crippen molar-refractivity contribution in [3.8, 4) is 5.75 Å². The standard InChI is InChI=1S/C23H17IN2O4/c1-30-18-12-6-15(7-13-18)21(27)25(17-10-8-16(24)9-11-17)14-26-22(28)19-4-2-3-5-20(19)23(26)29/h2-13H,14H2,1H3. The van der Waals surface area contributed by atoms with E-state index in [0.29, 0.717) is 28.1 Å². The predicted octanol–water partition coefficient (Wildman–Crippen LogP) is 4.20. The zero-order valence-electron chi connectivity index (χ0n) is 16.0. The van der Waals surface area contributed by atoms with Gasteiger partial charge in [0.1, 0.15) is 12.4 Å². The van der Waals surface area contributed by atoms with Gasteiger partial charge < -0.3 is 4.74 Å². The van der Waals surface area contributed by atoms with Crippen molar-refractivity contribution in [1.29, 1.82) is 0 Å². The zero-order valence-corrected chi connectivity index (χ0v) is 18.2. The molecule has 3 amide bonds. The molecule has 30 heavy (non-hydrogen) atoms. The van der Waals surface area contributed by atoms with E-state index in [1.54, 1.807) is 67.8 Å². The molecule has 0 unspecified atom stereocenters. The topological polar surface area (TPSA) is 66.9 Å². The minimum absolute atomic E-state index is 0.183. The molecule has 4 rings (SSSR count). The predicted molar refractivity (Wildman–Crippen MR) is 121 cm³/mol. The van der Waals surface area contributed by atoms with Gasteiger partial charge in [0.15, 0.2) is 0 Å². The van der Waals surface area contributed by atoms with Gasteiger partial charge in [0.2, 0.25) is 0 Å². The number of rotatable bonds is 5. The number of ether oxygens (including phenoxy) is 1. The van der Waals surface area contributed by atoms with Crippen molar-refractivity contribution in [2.24, 2.45) is 0 Å². The van der Waals surface area contributed by atoms with Gasteiger partial charge in [0, 0.05) is 14.8 Å². The minimum Gasteiger partial charge on any atom is -0.497 e. The van der Waals surface area contributed by atoms with Crippen LogP contribution >= 0.6 is 22.6 Å². The summed E-state index contributed by atoms with van der Waals surface area (Å²) in [5.74, 6) is -0.509. The maximum Gasteiger partial charge on any atom is 0.263 e. The number of halogens is 1. The second kappa shape index (κ2) is 8.27. The van der Waals surface area contributed by atoms with Gasteiger partial charge in [-0.2, -0.15) is 0 Å². The van der Waals surface area contributed by atoms with Crippen LogP contribution in [0.15, 0.2) is 72.8 Å². The summed E-state index contributed by atoms with van der Waals surface area (Å²) in [7, 11) is 1.55. The number of carbonyl (C=O) groups excluding carboxylic acids is 3. The molecule has 0 saturated heterocycles. The molecule has 3 aromatic rings. The van der Waals surface area contributed by atoms with Crippen LogP contribution in [0.1, 0.15) is 31.1 Å². The molecule has 0 bridgehead atoms. The molecule has 1 aliphatic heterocycles. The number of methoxy groups -OCH3 is 1. The average molecular weight is 512 g/mol. The van der Waals surface area contributed by atoms with Crippen LogP contribution in [0.5, 0.6) is 5.75 Å². The molecule has 6 nitrogen and oxygen atoms in total. The van der Waals surface area contributed by atoms with Gasteiger partial charge in [-0.05, 0) is 83.3 Å². The van der Waals surface area contributed by atoms with E-state index in [1.807, 2.05) is 12.1 Å². The zero-order chi connectivity index (χ0) is 21.3. The minimum atomic E-state index is -0.409. The Labute approximate surface area is 187 Å². The smallest absolute Gasteiger partial charge is 0.263 e. The van der Waals surface area contributed by atoms with Crippen LogP contribution in [0.3, 0.4) is 0 Å². The Hall–Kier alpha value is -3.20. The van der Waals surface area contributed by atoms with Crippen LogP contribution in [0, 0.1) is 3.57 Å². The van der Waals surface area contributed by atoms with E-state index >= 15 is 0 Å². The Balaban J connectivity index is 1.69. The number of amides is 3. The highest BCUT2D eigenvalue weighted by atomic mass is 127. The van der Waals surface area contributed by atoms with Gasteiger partial charge >= 0.3 is 0 Å². The number of nitrogens with zero attached hydrogens (tertiary/aromatic N) is 2. The lowest BCUT2D eigenvalue weighted by molar-refractivity contribution is 0.0650. The monoisotopic (exact) mass is 512 g/mol. The fraction of sp³-hybridized carbons (Fsp3) is 0.0870. The van der Waals surface area contributed by atoms with Crippen LogP contribution in [0.2, 0.25) is 0 Å². The Bertz CT molecular complexity index is 1090. The largest absolute Gasteiger partial charge is 0.497 e. The number of hydrogen-bond donors (Lipinski definition) is 0. The Morgan fingerprint density at radius 1 is 0.900 bits per heavy atom. The number of imide groups is 1. The van der Waals surface area contributed by atoms with Gasteiger partial charge in [0.05, 0.1) is 18.2 Å². The summed E-state index contributed by atoms with van der Waals surface area (Å²) in [4.78, 5) is 41.5. The van der Waals surface area contributed by atoms with Crippen LogP contribution in [-0.4, -0.2) is 36.4 Å². The molecule has 1 aliphatic rings. The first kappa shape index (κ1) is 20.1. The van der Waals surface area contributed by atoms with Gasteiger partial charge in [-0.25, -0.2) is 0 Å². The summed E-state index contributed by atoms with van der Waals surface area (Å²) in [6, 6.07) is 20.7. The molecular formula is C23H17IN2O4. The summed E-state index contributed by atoms with van der Waals surface area (Å²) in [6.07, 6.45) is 0. The van der Waals surface area contributed by atoms with Gasteiger partial charge in [-0.1, -0.05) is 12.1 Å². The molecule has 7 heteroatoms. The molecule has 0 fully saturated rings. The Morgan fingerprint density at radius 2 is 1.47 bits per heavy atom. The Kier molecular flexibility index (Phi) is 5.54. The molecule has 150 valence electrons. The number of hydrogen-bond acceptors (Lipinski definition) is 4. The average Bonchev–Trinajstić information content (AvgIpc) is 3.02. The first-order valence-corrected chi connectivity index (χ1v) is 10.2. The summed E-state index contributed by atoms with van der Waals surface area (Å²) < 4.78 is 6.16. The van der Waals surface area contributed by atoms with Crippen molar-refractivity contribution in [2.75, 3.05) is 18.7 Å². The summed E-state index contributed by atoms with van der Waals surface area (Å²) >= 11 is 2.18. The van der Waals surface area contributed by atoms with Crippen molar-refractivity contribution in [2.45, 2.75) is 0 Å². The quantitative estimate of drug-likeness (QED) is 0.380. The third kappa shape index (κ3) is 3.68. The molecule has 1 heterocycles. The third-order valence-corrected chi connectivity index (χ3v) is 5.60. The van der Waals surface area contributed by atoms with Crippen LogP contribution < -0.4 is 9.64 Å². The van der Waals surface area contributed by atoms with Gasteiger partial charge in [0.25, 0.3) is 17.7 Å². The van der Waals surface area contributed by atoms with Crippen LogP contribution in [0.25, 0.3) is 0 Å². The molecule has 0 atom stereocenters. The maximum absolute atomic E-state index is 13.3. The lowest BCUT2D eigenvalue weighted by atomic mass is 10.1. The highest BCUT2D eigenvalue weighted by Crippen LogP contribution is 2.26. The van der Waals surface area contributed by atoms with Crippen LogP contribution in [-0.2, 0) is 0 Å². The van der Waals surface area contributed by atoms with E-state index in [2.05, 4.69) is 22.6 Å². The van der Waals surface area contributed by atoms with E-state index in [1.165, 1.54) is 4.90 Å². The highest BCUT2D eigenvalue weighted by molar-refractivity contribution is 14.1. The first-order valence-electron chi connectivity index (χ1n) is 9.16. The molecule has 0 saturated carbocycles. The summed E-state index contributed by atoms with van der Waals surface area (Å²) in [6.45, 7) is -0.183. The molecular weight excluding hydrogens is 495 g/mol. The summed E-state index contributed by atoms with van der Waals surface area (Å²) in [5.41, 5.74) is 1.71. The van der Waals surface area contributed by atoms with Crippen molar-refractivity contribution in [1.82, 2.24) is 4.90 Å². The maximum atomic E-state index is 13.3. The van der Waals surface area contributed by atoms with Gasteiger partial charge in [-0.15, -0.1) is 0 Å².